The summed E-state index contributed by atoms with van der Waals surface area (Å²) in [6.45, 7) is 1.54. The zero-order valence-electron chi connectivity index (χ0n) is 10.1. The minimum Gasteiger partial charge on any atom is -0.491 e. The summed E-state index contributed by atoms with van der Waals surface area (Å²) in [4.78, 5) is 2.19. The lowest BCUT2D eigenvalue weighted by Crippen LogP contribution is -2.13. The van der Waals surface area contributed by atoms with Crippen molar-refractivity contribution in [1.82, 2.24) is 4.90 Å². The number of aliphatic hydroxyl groups is 1. The highest BCUT2D eigenvalue weighted by Crippen LogP contribution is 2.13. The highest BCUT2D eigenvalue weighted by atomic mass is 16.5. The first-order valence-electron chi connectivity index (χ1n) is 5.69. The van der Waals surface area contributed by atoms with Gasteiger partial charge in [-0.15, -0.1) is 0 Å². The van der Waals surface area contributed by atoms with Gasteiger partial charge in [0.15, 0.2) is 0 Å². The number of hydrogen-bond donors (Lipinski definition) is 1. The largest absolute Gasteiger partial charge is 0.491 e. The third kappa shape index (κ3) is 5.14. The van der Waals surface area contributed by atoms with Crippen LogP contribution in [-0.4, -0.2) is 43.9 Å². The second-order valence-corrected chi connectivity index (χ2v) is 4.12. The van der Waals surface area contributed by atoms with E-state index in [1.54, 1.807) is 0 Å². The van der Waals surface area contributed by atoms with Gasteiger partial charge >= 0.3 is 0 Å². The average molecular weight is 223 g/mol. The van der Waals surface area contributed by atoms with Crippen LogP contribution in [0.25, 0.3) is 0 Å². The molecule has 0 saturated carbocycles. The van der Waals surface area contributed by atoms with Crippen LogP contribution in [0.4, 0.5) is 0 Å². The van der Waals surface area contributed by atoms with Crippen LogP contribution in [0, 0.1) is 0 Å². The zero-order chi connectivity index (χ0) is 11.8. The summed E-state index contributed by atoms with van der Waals surface area (Å²) >= 11 is 0. The number of hydrogen-bond acceptors (Lipinski definition) is 3. The minimum atomic E-state index is 0.0601. The molecule has 1 N–H and O–H groups in total. The first kappa shape index (κ1) is 13.0. The molecule has 0 radical (unpaired) electrons. The number of ether oxygens (including phenoxy) is 1. The van der Waals surface area contributed by atoms with Gasteiger partial charge in [-0.2, -0.15) is 0 Å². The van der Waals surface area contributed by atoms with E-state index in [1.165, 1.54) is 12.0 Å². The Kier molecular flexibility index (Phi) is 5.90. The predicted molar refractivity (Wildman–Crippen MR) is 65.9 cm³/mol. The third-order valence-corrected chi connectivity index (χ3v) is 2.35. The maximum absolute atomic E-state index is 8.62. The van der Waals surface area contributed by atoms with E-state index in [0.717, 1.165) is 18.7 Å². The molecule has 0 aromatic heterocycles. The van der Waals surface area contributed by atoms with Gasteiger partial charge in [0.2, 0.25) is 0 Å². The van der Waals surface area contributed by atoms with Crippen LogP contribution in [0.5, 0.6) is 5.75 Å². The summed E-state index contributed by atoms with van der Waals surface area (Å²) < 4.78 is 5.29. The smallest absolute Gasteiger partial charge is 0.119 e. The van der Waals surface area contributed by atoms with E-state index in [1.807, 2.05) is 12.1 Å². The Morgan fingerprint density at radius 2 is 1.88 bits per heavy atom. The average Bonchev–Trinajstić information content (AvgIpc) is 2.27. The van der Waals surface area contributed by atoms with Crippen molar-refractivity contribution in [3.8, 4) is 5.75 Å². The van der Waals surface area contributed by atoms with Gasteiger partial charge in [0.1, 0.15) is 12.4 Å². The molecule has 1 rings (SSSR count). The van der Waals surface area contributed by atoms with Gasteiger partial charge in [0.25, 0.3) is 0 Å². The van der Waals surface area contributed by atoms with E-state index >= 15 is 0 Å². The molecule has 0 aliphatic rings. The highest BCUT2D eigenvalue weighted by Gasteiger charge is 1.96. The monoisotopic (exact) mass is 223 g/mol. The van der Waals surface area contributed by atoms with E-state index in [0.29, 0.717) is 6.61 Å². The number of aliphatic hydroxyl groups excluding tert-OH is 1. The van der Waals surface area contributed by atoms with Gasteiger partial charge in [0.05, 0.1) is 6.61 Å². The van der Waals surface area contributed by atoms with Crippen molar-refractivity contribution in [2.45, 2.75) is 12.8 Å². The maximum atomic E-state index is 8.62. The molecule has 0 aliphatic carbocycles. The summed E-state index contributed by atoms with van der Waals surface area (Å²) in [6, 6.07) is 8.09. The lowest BCUT2D eigenvalue weighted by atomic mass is 10.1. The molecule has 0 unspecified atom stereocenters. The molecule has 0 saturated heterocycles. The normalized spacial score (nSPS) is 10.8. The van der Waals surface area contributed by atoms with Crippen molar-refractivity contribution in [1.29, 1.82) is 0 Å². The minimum absolute atomic E-state index is 0.0601. The van der Waals surface area contributed by atoms with Crippen LogP contribution in [0.1, 0.15) is 12.0 Å². The Balaban J connectivity index is 2.33. The van der Waals surface area contributed by atoms with Crippen LogP contribution in [-0.2, 0) is 6.42 Å². The van der Waals surface area contributed by atoms with Crippen molar-refractivity contribution in [2.75, 3.05) is 33.9 Å². The fourth-order valence-corrected chi connectivity index (χ4v) is 1.52. The number of aryl methyl sites for hydroxylation is 1. The predicted octanol–water partition coefficient (Wildman–Crippen LogP) is 1.55. The summed E-state index contributed by atoms with van der Waals surface area (Å²) in [5.41, 5.74) is 1.33. The van der Waals surface area contributed by atoms with Crippen LogP contribution in [0.3, 0.4) is 0 Å². The first-order valence-corrected chi connectivity index (χ1v) is 5.69. The zero-order valence-corrected chi connectivity index (χ0v) is 10.1. The number of rotatable bonds is 7. The van der Waals surface area contributed by atoms with Crippen LogP contribution in [0.15, 0.2) is 24.3 Å². The van der Waals surface area contributed by atoms with Crippen molar-refractivity contribution in [2.24, 2.45) is 0 Å². The van der Waals surface area contributed by atoms with E-state index in [4.69, 9.17) is 9.84 Å². The van der Waals surface area contributed by atoms with Gasteiger partial charge < -0.3 is 14.7 Å². The van der Waals surface area contributed by atoms with Gasteiger partial charge in [-0.05, 0) is 51.2 Å². The van der Waals surface area contributed by atoms with E-state index in [-0.39, 0.29) is 6.61 Å². The molecule has 16 heavy (non-hydrogen) atoms. The fourth-order valence-electron chi connectivity index (χ4n) is 1.52. The topological polar surface area (TPSA) is 32.7 Å². The van der Waals surface area contributed by atoms with Crippen molar-refractivity contribution in [3.05, 3.63) is 29.8 Å². The quantitative estimate of drug-likeness (QED) is 0.761. The molecular weight excluding hydrogens is 202 g/mol. The standard InChI is InChI=1S/C13H21NO2/c1-14(2)9-3-4-12-5-7-13(8-6-12)16-11-10-15/h5-8,15H,3-4,9-11H2,1-2H3. The molecule has 3 heteroatoms. The Morgan fingerprint density at radius 1 is 1.19 bits per heavy atom. The van der Waals surface area contributed by atoms with E-state index in [2.05, 4.69) is 31.1 Å². The molecule has 0 amide bonds. The summed E-state index contributed by atoms with van der Waals surface area (Å²) in [5.74, 6) is 0.824. The fraction of sp³-hybridized carbons (Fsp3) is 0.538. The second kappa shape index (κ2) is 7.25. The maximum Gasteiger partial charge on any atom is 0.119 e. The molecule has 0 aliphatic heterocycles. The SMILES string of the molecule is CN(C)CCCc1ccc(OCCO)cc1. The van der Waals surface area contributed by atoms with Gasteiger partial charge in [0, 0.05) is 0 Å². The molecule has 0 bridgehead atoms. The van der Waals surface area contributed by atoms with Crippen molar-refractivity contribution >= 4 is 0 Å². The van der Waals surface area contributed by atoms with Crippen LogP contribution < -0.4 is 4.74 Å². The van der Waals surface area contributed by atoms with Crippen LogP contribution in [0.2, 0.25) is 0 Å². The van der Waals surface area contributed by atoms with Gasteiger partial charge in [-0.1, -0.05) is 12.1 Å². The molecule has 3 nitrogen and oxygen atoms in total. The Bertz CT molecular complexity index is 282. The van der Waals surface area contributed by atoms with E-state index in [9.17, 15) is 0 Å². The molecule has 1 aromatic rings. The molecule has 0 atom stereocenters. The number of benzene rings is 1. The molecule has 1 aromatic carbocycles. The summed E-state index contributed by atoms with van der Waals surface area (Å²) in [6.07, 6.45) is 2.27. The Labute approximate surface area is 97.7 Å². The highest BCUT2D eigenvalue weighted by molar-refractivity contribution is 5.27. The summed E-state index contributed by atoms with van der Waals surface area (Å²) in [5, 5.41) is 8.62. The number of nitrogens with zero attached hydrogens (tertiary/aromatic N) is 1. The van der Waals surface area contributed by atoms with Crippen molar-refractivity contribution in [3.63, 3.8) is 0 Å². The molecular formula is C13H21NO2. The first-order chi connectivity index (χ1) is 7.72. The Morgan fingerprint density at radius 3 is 2.44 bits per heavy atom. The van der Waals surface area contributed by atoms with Gasteiger partial charge in [-0.3, -0.25) is 0 Å². The van der Waals surface area contributed by atoms with Crippen LogP contribution >= 0.6 is 0 Å². The molecule has 0 spiro atoms. The summed E-state index contributed by atoms with van der Waals surface area (Å²) in [7, 11) is 4.18. The second-order valence-electron chi connectivity index (χ2n) is 4.12. The van der Waals surface area contributed by atoms with Crippen molar-refractivity contribution < 1.29 is 9.84 Å². The third-order valence-electron chi connectivity index (χ3n) is 2.35. The lowest BCUT2D eigenvalue weighted by Gasteiger charge is -2.09. The molecule has 90 valence electrons. The molecule has 0 heterocycles. The lowest BCUT2D eigenvalue weighted by molar-refractivity contribution is 0.201. The Hall–Kier alpha value is -1.06. The van der Waals surface area contributed by atoms with Gasteiger partial charge in [-0.25, -0.2) is 0 Å². The molecule has 0 fully saturated rings. The van der Waals surface area contributed by atoms with E-state index < -0.39 is 0 Å².